The van der Waals surface area contributed by atoms with E-state index in [1.165, 1.54) is 6.39 Å². The monoisotopic (exact) mass is 251 g/mol. The van der Waals surface area contributed by atoms with Crippen molar-refractivity contribution in [2.75, 3.05) is 5.73 Å². The Morgan fingerprint density at radius 1 is 0.895 bits per heavy atom. The summed E-state index contributed by atoms with van der Waals surface area (Å²) in [6, 6.07) is 11.8. The fourth-order valence-electron chi connectivity index (χ4n) is 2.16. The van der Waals surface area contributed by atoms with Crippen molar-refractivity contribution in [3.8, 4) is 11.1 Å². The number of hydrogen-bond donors (Lipinski definition) is 1. The van der Waals surface area contributed by atoms with Crippen LogP contribution in [0.15, 0.2) is 51.6 Å². The van der Waals surface area contributed by atoms with Crippen molar-refractivity contribution >= 4 is 28.2 Å². The van der Waals surface area contributed by atoms with Gasteiger partial charge in [0.2, 0.25) is 0 Å². The summed E-state index contributed by atoms with van der Waals surface area (Å²) >= 11 is 0. The zero-order chi connectivity index (χ0) is 12.8. The van der Waals surface area contributed by atoms with Crippen LogP contribution in [0.1, 0.15) is 0 Å². The van der Waals surface area contributed by atoms with E-state index in [1.807, 2.05) is 36.4 Å². The molecule has 0 amide bonds. The van der Waals surface area contributed by atoms with Crippen molar-refractivity contribution in [2.45, 2.75) is 0 Å². The van der Waals surface area contributed by atoms with Crippen LogP contribution in [0.2, 0.25) is 0 Å². The minimum Gasteiger partial charge on any atom is -0.443 e. The van der Waals surface area contributed by atoms with E-state index in [1.54, 1.807) is 0 Å². The quantitative estimate of drug-likeness (QED) is 0.562. The molecule has 0 saturated heterocycles. The third-order valence-corrected chi connectivity index (χ3v) is 3.07. The van der Waals surface area contributed by atoms with E-state index in [0.29, 0.717) is 5.58 Å². The molecule has 0 aliphatic carbocycles. The topological polar surface area (TPSA) is 78.1 Å². The van der Waals surface area contributed by atoms with Crippen molar-refractivity contribution in [1.29, 1.82) is 0 Å². The second kappa shape index (κ2) is 3.58. The van der Waals surface area contributed by atoms with Gasteiger partial charge >= 0.3 is 0 Å². The highest BCUT2D eigenvalue weighted by molar-refractivity contribution is 5.85. The normalized spacial score (nSPS) is 11.4. The number of nitrogens with two attached hydrogens (primary N) is 1. The van der Waals surface area contributed by atoms with E-state index in [9.17, 15) is 0 Å². The Balaban J connectivity index is 1.91. The first-order valence-corrected chi connectivity index (χ1v) is 5.79. The van der Waals surface area contributed by atoms with Crippen LogP contribution in [0.4, 0.5) is 6.01 Å². The average Bonchev–Trinajstić information content (AvgIpc) is 3.01. The molecule has 0 spiro atoms. The predicted octanol–water partition coefficient (Wildman–Crippen LogP) is 3.22. The fraction of sp³-hybridized carbons (Fsp3) is 0. The highest BCUT2D eigenvalue weighted by Gasteiger charge is 2.07. The van der Waals surface area contributed by atoms with Crippen molar-refractivity contribution in [3.05, 3.63) is 42.8 Å². The zero-order valence-corrected chi connectivity index (χ0v) is 9.83. The van der Waals surface area contributed by atoms with Crippen LogP contribution in [0.3, 0.4) is 0 Å². The number of nitrogens with zero attached hydrogens (tertiary/aromatic N) is 2. The molecule has 4 rings (SSSR count). The summed E-state index contributed by atoms with van der Waals surface area (Å²) in [4.78, 5) is 8.28. The lowest BCUT2D eigenvalue weighted by molar-refractivity contribution is 0.602. The first-order valence-electron chi connectivity index (χ1n) is 5.79. The molecule has 0 aliphatic heterocycles. The summed E-state index contributed by atoms with van der Waals surface area (Å²) in [5, 5.41) is 0. The number of oxazole rings is 2. The molecule has 2 heterocycles. The molecule has 0 saturated carbocycles. The van der Waals surface area contributed by atoms with Gasteiger partial charge in [-0.25, -0.2) is 4.98 Å². The number of aromatic nitrogens is 2. The van der Waals surface area contributed by atoms with E-state index < -0.39 is 0 Å². The van der Waals surface area contributed by atoms with Gasteiger partial charge in [-0.1, -0.05) is 12.1 Å². The maximum Gasteiger partial charge on any atom is 0.292 e. The first kappa shape index (κ1) is 10.1. The molecule has 5 heteroatoms. The molecule has 2 aromatic heterocycles. The van der Waals surface area contributed by atoms with E-state index in [-0.39, 0.29) is 6.01 Å². The molecule has 0 unspecified atom stereocenters. The Labute approximate surface area is 107 Å². The fourth-order valence-corrected chi connectivity index (χ4v) is 2.16. The van der Waals surface area contributed by atoms with Gasteiger partial charge in [-0.2, -0.15) is 4.98 Å². The lowest BCUT2D eigenvalue weighted by atomic mass is 10.0. The maximum atomic E-state index is 5.54. The zero-order valence-electron chi connectivity index (χ0n) is 9.83. The Bertz CT molecular complexity index is 892. The molecule has 4 aromatic rings. The molecule has 0 bridgehead atoms. The number of anilines is 1. The van der Waals surface area contributed by atoms with E-state index in [4.69, 9.17) is 14.6 Å². The summed E-state index contributed by atoms with van der Waals surface area (Å²) in [6.07, 6.45) is 1.44. The first-order chi connectivity index (χ1) is 9.29. The third-order valence-electron chi connectivity index (χ3n) is 3.07. The minimum absolute atomic E-state index is 0.180. The molecule has 0 atom stereocenters. The van der Waals surface area contributed by atoms with Crippen LogP contribution in [0.25, 0.3) is 33.3 Å². The Hall–Kier alpha value is -2.82. The van der Waals surface area contributed by atoms with Gasteiger partial charge in [0.15, 0.2) is 17.6 Å². The lowest BCUT2D eigenvalue weighted by Gasteiger charge is -2.00. The standard InChI is InChI=1S/C14H9N3O2/c15-14-17-11-6-9(2-4-13(11)19-14)8-1-3-12-10(5-8)16-7-18-12/h1-7H,(H2,15,17). The molecule has 0 radical (unpaired) electrons. The van der Waals surface area contributed by atoms with Gasteiger partial charge < -0.3 is 14.6 Å². The Kier molecular flexibility index (Phi) is 1.91. The average molecular weight is 251 g/mol. The molecular weight excluding hydrogens is 242 g/mol. The molecule has 0 fully saturated rings. The second-order valence-corrected chi connectivity index (χ2v) is 4.27. The summed E-state index contributed by atoms with van der Waals surface area (Å²) in [7, 11) is 0. The molecule has 0 aliphatic rings. The van der Waals surface area contributed by atoms with E-state index >= 15 is 0 Å². The smallest absolute Gasteiger partial charge is 0.292 e. The van der Waals surface area contributed by atoms with Crippen LogP contribution in [0.5, 0.6) is 0 Å². The van der Waals surface area contributed by atoms with Gasteiger partial charge in [0.25, 0.3) is 6.01 Å². The van der Waals surface area contributed by atoms with Crippen molar-refractivity contribution in [2.24, 2.45) is 0 Å². The molecular formula is C14H9N3O2. The number of hydrogen-bond acceptors (Lipinski definition) is 5. The van der Waals surface area contributed by atoms with Crippen LogP contribution in [-0.2, 0) is 0 Å². The summed E-state index contributed by atoms with van der Waals surface area (Å²) in [5.41, 5.74) is 10.7. The molecule has 19 heavy (non-hydrogen) atoms. The van der Waals surface area contributed by atoms with Crippen molar-refractivity contribution in [1.82, 2.24) is 9.97 Å². The highest BCUT2D eigenvalue weighted by Crippen LogP contribution is 2.27. The molecule has 92 valence electrons. The lowest BCUT2D eigenvalue weighted by Crippen LogP contribution is -1.81. The summed E-state index contributed by atoms with van der Waals surface area (Å²) < 4.78 is 10.5. The molecule has 2 aromatic carbocycles. The van der Waals surface area contributed by atoms with Gasteiger partial charge in [-0.3, -0.25) is 0 Å². The molecule has 2 N–H and O–H groups in total. The number of fused-ring (bicyclic) bond motifs is 2. The highest BCUT2D eigenvalue weighted by atomic mass is 16.4. The second-order valence-electron chi connectivity index (χ2n) is 4.27. The van der Waals surface area contributed by atoms with E-state index in [0.717, 1.165) is 27.7 Å². The summed E-state index contributed by atoms with van der Waals surface area (Å²) in [5.74, 6) is 0. The number of rotatable bonds is 1. The third kappa shape index (κ3) is 1.55. The minimum atomic E-state index is 0.180. The van der Waals surface area contributed by atoms with Crippen LogP contribution < -0.4 is 5.73 Å². The van der Waals surface area contributed by atoms with E-state index in [2.05, 4.69) is 9.97 Å². The SMILES string of the molecule is Nc1nc2cc(-c3ccc4ocnc4c3)ccc2o1. The van der Waals surface area contributed by atoms with Gasteiger partial charge in [0.05, 0.1) is 0 Å². The molecule has 5 nitrogen and oxygen atoms in total. The predicted molar refractivity (Wildman–Crippen MR) is 71.4 cm³/mol. The van der Waals surface area contributed by atoms with Gasteiger partial charge in [0, 0.05) is 0 Å². The van der Waals surface area contributed by atoms with Crippen LogP contribution >= 0.6 is 0 Å². The largest absolute Gasteiger partial charge is 0.443 e. The van der Waals surface area contributed by atoms with Crippen molar-refractivity contribution < 1.29 is 8.83 Å². The number of benzene rings is 2. The van der Waals surface area contributed by atoms with Gasteiger partial charge in [-0.05, 0) is 35.4 Å². The van der Waals surface area contributed by atoms with Crippen LogP contribution in [0, 0.1) is 0 Å². The Morgan fingerprint density at radius 2 is 1.63 bits per heavy atom. The maximum absolute atomic E-state index is 5.54. The summed E-state index contributed by atoms with van der Waals surface area (Å²) in [6.45, 7) is 0. The van der Waals surface area contributed by atoms with Crippen molar-refractivity contribution in [3.63, 3.8) is 0 Å². The van der Waals surface area contributed by atoms with Crippen LogP contribution in [-0.4, -0.2) is 9.97 Å². The van der Waals surface area contributed by atoms with Gasteiger partial charge in [0.1, 0.15) is 11.0 Å². The number of nitrogen functional groups attached to an aromatic ring is 1. The Morgan fingerprint density at radius 3 is 2.47 bits per heavy atom. The van der Waals surface area contributed by atoms with Gasteiger partial charge in [-0.15, -0.1) is 0 Å².